The lowest BCUT2D eigenvalue weighted by Crippen LogP contribution is -2.45. The van der Waals surface area contributed by atoms with Crippen LogP contribution in [0.15, 0.2) is 0 Å². The third kappa shape index (κ3) is 5.20. The van der Waals surface area contributed by atoms with Crippen molar-refractivity contribution in [2.24, 2.45) is 0 Å². The molecule has 2 saturated heterocycles. The summed E-state index contributed by atoms with van der Waals surface area (Å²) in [5.74, 6) is 0.453. The van der Waals surface area contributed by atoms with Crippen molar-refractivity contribution in [2.75, 3.05) is 24.7 Å². The molecule has 0 aromatic heterocycles. The van der Waals surface area contributed by atoms with Gasteiger partial charge in [-0.2, -0.15) is 0 Å². The Labute approximate surface area is 115 Å². The van der Waals surface area contributed by atoms with Crippen LogP contribution in [0, 0.1) is 0 Å². The summed E-state index contributed by atoms with van der Waals surface area (Å²) in [5, 5.41) is 3.11. The molecule has 0 saturated carbocycles. The van der Waals surface area contributed by atoms with Gasteiger partial charge in [-0.1, -0.05) is 0 Å². The molecule has 2 aliphatic heterocycles. The molecule has 2 atom stereocenters. The van der Waals surface area contributed by atoms with E-state index in [1.165, 1.54) is 0 Å². The Hall–Kier alpha value is -0.460. The Balaban J connectivity index is 1.63. The summed E-state index contributed by atoms with van der Waals surface area (Å²) in [6.45, 7) is 1.32. The summed E-state index contributed by atoms with van der Waals surface area (Å²) >= 11 is 0. The van der Waals surface area contributed by atoms with E-state index < -0.39 is 9.84 Å². The highest BCUT2D eigenvalue weighted by molar-refractivity contribution is 7.91. The maximum absolute atomic E-state index is 11.8. The van der Waals surface area contributed by atoms with E-state index in [9.17, 15) is 13.2 Å². The van der Waals surface area contributed by atoms with Gasteiger partial charge < -0.3 is 10.1 Å². The third-order valence-corrected chi connectivity index (χ3v) is 5.52. The fourth-order valence-electron chi connectivity index (χ4n) is 2.77. The molecule has 6 heteroatoms. The lowest BCUT2D eigenvalue weighted by molar-refractivity contribution is -0.119. The first kappa shape index (κ1) is 14.9. The van der Waals surface area contributed by atoms with Gasteiger partial charge in [0.25, 0.3) is 0 Å². The predicted molar refractivity (Wildman–Crippen MR) is 72.9 cm³/mol. The Morgan fingerprint density at radius 3 is 2.89 bits per heavy atom. The quantitative estimate of drug-likeness (QED) is 0.778. The molecule has 0 spiro atoms. The highest BCUT2D eigenvalue weighted by Gasteiger charge is 2.25. The van der Waals surface area contributed by atoms with Crippen LogP contribution in [-0.2, 0) is 19.4 Å². The van der Waals surface area contributed by atoms with Crippen LogP contribution in [0.2, 0.25) is 0 Å². The van der Waals surface area contributed by atoms with Crippen molar-refractivity contribution in [3.63, 3.8) is 0 Å². The maximum atomic E-state index is 11.8. The lowest BCUT2D eigenvalue weighted by atomic mass is 10.0. The number of Topliss-reactive ketones (excluding diaryl/α,β-unsaturated/α-hetero) is 1. The summed E-state index contributed by atoms with van der Waals surface area (Å²) in [6, 6.07) is -0.186. The van der Waals surface area contributed by atoms with Crippen molar-refractivity contribution in [1.29, 1.82) is 0 Å². The fraction of sp³-hybridized carbons (Fsp3) is 0.923. The number of sulfone groups is 1. The number of ketones is 1. The van der Waals surface area contributed by atoms with Crippen molar-refractivity contribution in [2.45, 2.75) is 50.7 Å². The van der Waals surface area contributed by atoms with Crippen LogP contribution in [-0.4, -0.2) is 51.0 Å². The molecule has 1 N–H and O–H groups in total. The number of hydrogen-bond acceptors (Lipinski definition) is 5. The molecule has 19 heavy (non-hydrogen) atoms. The Bertz CT molecular complexity index is 401. The van der Waals surface area contributed by atoms with Crippen molar-refractivity contribution < 1.29 is 17.9 Å². The first-order valence-corrected chi connectivity index (χ1v) is 8.94. The number of carbonyl (C=O) groups excluding carboxylic acids is 1. The van der Waals surface area contributed by atoms with Crippen molar-refractivity contribution in [3.05, 3.63) is 0 Å². The highest BCUT2D eigenvalue weighted by Crippen LogP contribution is 2.18. The van der Waals surface area contributed by atoms with Crippen LogP contribution >= 0.6 is 0 Å². The van der Waals surface area contributed by atoms with Gasteiger partial charge in [0.1, 0.15) is 5.78 Å². The third-order valence-electron chi connectivity index (χ3n) is 3.78. The summed E-state index contributed by atoms with van der Waals surface area (Å²) < 4.78 is 28.4. The van der Waals surface area contributed by atoms with Crippen molar-refractivity contribution in [3.8, 4) is 0 Å². The van der Waals surface area contributed by atoms with Gasteiger partial charge in [-0.25, -0.2) is 8.42 Å². The summed E-state index contributed by atoms with van der Waals surface area (Å²) in [5.41, 5.74) is 0. The topological polar surface area (TPSA) is 72.5 Å². The van der Waals surface area contributed by atoms with Gasteiger partial charge in [0, 0.05) is 32.0 Å². The average molecular weight is 289 g/mol. The number of nitrogens with one attached hydrogen (secondary N) is 1. The molecule has 0 aromatic carbocycles. The molecule has 0 radical (unpaired) electrons. The largest absolute Gasteiger partial charge is 0.378 e. The fourth-order valence-corrected chi connectivity index (χ4v) is 4.22. The number of rotatable bonds is 6. The summed E-state index contributed by atoms with van der Waals surface area (Å²) in [7, 11) is -2.95. The van der Waals surface area contributed by atoms with E-state index in [1.807, 2.05) is 0 Å². The normalized spacial score (nSPS) is 30.3. The Kier molecular flexibility index (Phi) is 5.36. The molecular formula is C13H23NO4S. The van der Waals surface area contributed by atoms with E-state index >= 15 is 0 Å². The molecular weight excluding hydrogens is 266 g/mol. The molecule has 110 valence electrons. The Morgan fingerprint density at radius 1 is 1.37 bits per heavy atom. The second-order valence-electron chi connectivity index (χ2n) is 5.54. The van der Waals surface area contributed by atoms with Gasteiger partial charge in [-0.3, -0.25) is 4.79 Å². The van der Waals surface area contributed by atoms with E-state index in [0.717, 1.165) is 32.3 Å². The summed E-state index contributed by atoms with van der Waals surface area (Å²) in [6.07, 6.45) is 5.24. The van der Waals surface area contributed by atoms with Gasteiger partial charge >= 0.3 is 0 Å². The standard InChI is InChI=1S/C13H23NO4S/c15-12(3-1-4-13-5-2-7-18-13)9-11-10-19(16,17)8-6-14-11/h11,13-14H,1-10H2. The van der Waals surface area contributed by atoms with Crippen LogP contribution in [0.5, 0.6) is 0 Å². The minimum absolute atomic E-state index is 0.102. The predicted octanol–water partition coefficient (Wildman–Crippen LogP) is 0.681. The van der Waals surface area contributed by atoms with Crippen LogP contribution in [0.3, 0.4) is 0 Å². The van der Waals surface area contributed by atoms with Gasteiger partial charge in [-0.15, -0.1) is 0 Å². The van der Waals surface area contributed by atoms with Gasteiger partial charge in [0.05, 0.1) is 17.6 Å². The minimum atomic E-state index is -2.95. The monoisotopic (exact) mass is 289 g/mol. The first-order valence-electron chi connectivity index (χ1n) is 7.12. The van der Waals surface area contributed by atoms with Crippen molar-refractivity contribution >= 4 is 15.6 Å². The van der Waals surface area contributed by atoms with E-state index in [-0.39, 0.29) is 23.3 Å². The lowest BCUT2D eigenvalue weighted by Gasteiger charge is -2.23. The van der Waals surface area contributed by atoms with Gasteiger partial charge in [0.15, 0.2) is 9.84 Å². The zero-order chi connectivity index (χ0) is 13.7. The molecule has 0 amide bonds. The van der Waals surface area contributed by atoms with Gasteiger partial charge in [0.2, 0.25) is 0 Å². The summed E-state index contributed by atoms with van der Waals surface area (Å²) in [4.78, 5) is 11.8. The molecule has 2 fully saturated rings. The zero-order valence-corrected chi connectivity index (χ0v) is 12.1. The number of hydrogen-bond donors (Lipinski definition) is 1. The average Bonchev–Trinajstić information content (AvgIpc) is 2.80. The van der Waals surface area contributed by atoms with Crippen molar-refractivity contribution in [1.82, 2.24) is 5.32 Å². The highest BCUT2D eigenvalue weighted by atomic mass is 32.2. The van der Waals surface area contributed by atoms with Gasteiger partial charge in [-0.05, 0) is 25.7 Å². The van der Waals surface area contributed by atoms with Crippen LogP contribution in [0.4, 0.5) is 0 Å². The zero-order valence-electron chi connectivity index (χ0n) is 11.3. The van der Waals surface area contributed by atoms with E-state index in [2.05, 4.69) is 5.32 Å². The second-order valence-corrected chi connectivity index (χ2v) is 7.76. The van der Waals surface area contributed by atoms with E-state index in [0.29, 0.717) is 25.5 Å². The van der Waals surface area contributed by atoms with E-state index in [4.69, 9.17) is 4.74 Å². The molecule has 0 bridgehead atoms. The molecule has 5 nitrogen and oxygen atoms in total. The molecule has 2 aliphatic rings. The molecule has 0 aromatic rings. The molecule has 2 unspecified atom stereocenters. The maximum Gasteiger partial charge on any atom is 0.153 e. The van der Waals surface area contributed by atoms with Crippen LogP contribution in [0.1, 0.15) is 38.5 Å². The SMILES string of the molecule is O=C(CCCC1CCCO1)CC1CS(=O)(=O)CCN1. The van der Waals surface area contributed by atoms with E-state index in [1.54, 1.807) is 0 Å². The second kappa shape index (κ2) is 6.81. The number of carbonyl (C=O) groups is 1. The Morgan fingerprint density at radius 2 is 2.21 bits per heavy atom. The molecule has 0 aliphatic carbocycles. The molecule has 2 rings (SSSR count). The first-order chi connectivity index (χ1) is 9.05. The number of ether oxygens (including phenoxy) is 1. The molecule has 2 heterocycles. The smallest absolute Gasteiger partial charge is 0.153 e. The van der Waals surface area contributed by atoms with Crippen LogP contribution in [0.25, 0.3) is 0 Å². The van der Waals surface area contributed by atoms with Crippen LogP contribution < -0.4 is 5.32 Å². The minimum Gasteiger partial charge on any atom is -0.378 e.